The third-order valence-corrected chi connectivity index (χ3v) is 3.39. The molecule has 18 heavy (non-hydrogen) atoms. The van der Waals surface area contributed by atoms with E-state index in [9.17, 15) is 0 Å². The number of benzene rings is 1. The number of ether oxygens (including phenoxy) is 1. The Balaban J connectivity index is 2.15. The minimum atomic E-state index is 0.480. The molecule has 0 spiro atoms. The zero-order valence-electron chi connectivity index (χ0n) is 10.4. The minimum absolute atomic E-state index is 0.480. The molecule has 0 aliphatic rings. The van der Waals surface area contributed by atoms with E-state index in [4.69, 9.17) is 4.74 Å². The molecule has 4 heteroatoms. The fourth-order valence-corrected chi connectivity index (χ4v) is 2.15. The highest BCUT2D eigenvalue weighted by atomic mass is 79.9. The Hall–Kier alpha value is -1.55. The molecule has 0 bridgehead atoms. The first-order valence-corrected chi connectivity index (χ1v) is 6.50. The van der Waals surface area contributed by atoms with Crippen LogP contribution in [0.15, 0.2) is 41.0 Å². The van der Waals surface area contributed by atoms with Crippen LogP contribution >= 0.6 is 15.9 Å². The average Bonchev–Trinajstić information content (AvgIpc) is 2.37. The van der Waals surface area contributed by atoms with E-state index < -0.39 is 0 Å². The summed E-state index contributed by atoms with van der Waals surface area (Å²) in [4.78, 5) is 4.18. The molecule has 0 saturated carbocycles. The number of nitrogens with one attached hydrogen (secondary N) is 1. The molecule has 0 radical (unpaired) electrons. The number of hydrogen-bond donors (Lipinski definition) is 1. The van der Waals surface area contributed by atoms with E-state index in [-0.39, 0.29) is 0 Å². The molecule has 2 aromatic rings. The van der Waals surface area contributed by atoms with Gasteiger partial charge in [-0.3, -0.25) is 0 Å². The Bertz CT molecular complexity index is 543. The van der Waals surface area contributed by atoms with E-state index in [1.165, 1.54) is 0 Å². The van der Waals surface area contributed by atoms with Crippen LogP contribution in [0, 0.1) is 6.92 Å². The standard InChI is InChI=1S/C14H15BrN2O/c1-10-6-7-17-14(8-10)18-9-11-12(15)4-3-5-13(11)16-2/h3-8,16H,9H2,1-2H3. The molecule has 1 aromatic heterocycles. The summed E-state index contributed by atoms with van der Waals surface area (Å²) >= 11 is 3.54. The highest BCUT2D eigenvalue weighted by Crippen LogP contribution is 2.25. The summed E-state index contributed by atoms with van der Waals surface area (Å²) < 4.78 is 6.74. The van der Waals surface area contributed by atoms with Gasteiger partial charge in [-0.05, 0) is 30.7 Å². The minimum Gasteiger partial charge on any atom is -0.473 e. The van der Waals surface area contributed by atoms with Crippen molar-refractivity contribution in [2.45, 2.75) is 13.5 Å². The maximum absolute atomic E-state index is 5.72. The highest BCUT2D eigenvalue weighted by Gasteiger charge is 2.06. The van der Waals surface area contributed by atoms with Crippen LogP contribution in [-0.2, 0) is 6.61 Å². The van der Waals surface area contributed by atoms with Crippen molar-refractivity contribution >= 4 is 21.6 Å². The fraction of sp³-hybridized carbons (Fsp3) is 0.214. The lowest BCUT2D eigenvalue weighted by atomic mass is 10.2. The maximum atomic E-state index is 5.72. The van der Waals surface area contributed by atoms with Crippen molar-refractivity contribution in [2.75, 3.05) is 12.4 Å². The first kappa shape index (κ1) is 12.9. The van der Waals surface area contributed by atoms with Gasteiger partial charge in [-0.1, -0.05) is 22.0 Å². The van der Waals surface area contributed by atoms with Crippen molar-refractivity contribution in [3.8, 4) is 5.88 Å². The van der Waals surface area contributed by atoms with Gasteiger partial charge in [0.1, 0.15) is 6.61 Å². The average molecular weight is 307 g/mol. The SMILES string of the molecule is CNc1cccc(Br)c1COc1cc(C)ccn1. The van der Waals surface area contributed by atoms with Crippen molar-refractivity contribution in [2.24, 2.45) is 0 Å². The third kappa shape index (κ3) is 3.01. The Morgan fingerprint density at radius 2 is 2.17 bits per heavy atom. The Kier molecular flexibility index (Phi) is 4.20. The van der Waals surface area contributed by atoms with E-state index in [0.717, 1.165) is 21.3 Å². The lowest BCUT2D eigenvalue weighted by molar-refractivity contribution is 0.293. The molecule has 1 N–H and O–H groups in total. The van der Waals surface area contributed by atoms with Gasteiger partial charge in [-0.15, -0.1) is 0 Å². The summed E-state index contributed by atoms with van der Waals surface area (Å²) in [5.74, 6) is 0.646. The first-order valence-electron chi connectivity index (χ1n) is 5.71. The number of pyridine rings is 1. The first-order chi connectivity index (χ1) is 8.70. The Morgan fingerprint density at radius 3 is 2.89 bits per heavy atom. The molecular formula is C14H15BrN2O. The third-order valence-electron chi connectivity index (χ3n) is 2.64. The van der Waals surface area contributed by atoms with Gasteiger partial charge in [0.15, 0.2) is 0 Å². The largest absolute Gasteiger partial charge is 0.473 e. The summed E-state index contributed by atoms with van der Waals surface area (Å²) in [6, 6.07) is 9.89. The van der Waals surface area contributed by atoms with Crippen LogP contribution in [0.1, 0.15) is 11.1 Å². The van der Waals surface area contributed by atoms with E-state index in [0.29, 0.717) is 12.5 Å². The van der Waals surface area contributed by atoms with Gasteiger partial charge < -0.3 is 10.1 Å². The Labute approximate surface area is 115 Å². The molecule has 1 heterocycles. The molecule has 0 aliphatic carbocycles. The number of halogens is 1. The molecule has 0 unspecified atom stereocenters. The summed E-state index contributed by atoms with van der Waals surface area (Å²) in [6.45, 7) is 2.50. The lowest BCUT2D eigenvalue weighted by Crippen LogP contribution is -2.02. The zero-order chi connectivity index (χ0) is 13.0. The van der Waals surface area contributed by atoms with E-state index in [1.807, 2.05) is 44.3 Å². The highest BCUT2D eigenvalue weighted by molar-refractivity contribution is 9.10. The molecule has 1 aromatic carbocycles. The van der Waals surface area contributed by atoms with Gasteiger partial charge in [0, 0.05) is 35.0 Å². The summed E-state index contributed by atoms with van der Waals surface area (Å²) in [7, 11) is 1.90. The second kappa shape index (κ2) is 5.87. The zero-order valence-corrected chi connectivity index (χ0v) is 12.0. The molecule has 0 fully saturated rings. The second-order valence-electron chi connectivity index (χ2n) is 3.98. The van der Waals surface area contributed by atoms with Crippen LogP contribution in [0.2, 0.25) is 0 Å². The molecule has 0 atom stereocenters. The van der Waals surface area contributed by atoms with Crippen LogP contribution in [-0.4, -0.2) is 12.0 Å². The monoisotopic (exact) mass is 306 g/mol. The lowest BCUT2D eigenvalue weighted by Gasteiger charge is -2.12. The smallest absolute Gasteiger partial charge is 0.213 e. The topological polar surface area (TPSA) is 34.1 Å². The van der Waals surface area contributed by atoms with Crippen LogP contribution in [0.25, 0.3) is 0 Å². The second-order valence-corrected chi connectivity index (χ2v) is 4.83. The molecule has 0 saturated heterocycles. The molecule has 3 nitrogen and oxygen atoms in total. The number of anilines is 1. The molecule has 94 valence electrons. The van der Waals surface area contributed by atoms with E-state index >= 15 is 0 Å². The number of rotatable bonds is 4. The normalized spacial score (nSPS) is 10.2. The van der Waals surface area contributed by atoms with Crippen LogP contribution < -0.4 is 10.1 Å². The summed E-state index contributed by atoms with van der Waals surface area (Å²) in [6.07, 6.45) is 1.75. The van der Waals surface area contributed by atoms with Gasteiger partial charge >= 0.3 is 0 Å². The van der Waals surface area contributed by atoms with Gasteiger partial charge in [0.05, 0.1) is 0 Å². The summed E-state index contributed by atoms with van der Waals surface area (Å²) in [5.41, 5.74) is 3.28. The maximum Gasteiger partial charge on any atom is 0.213 e. The molecule has 2 rings (SSSR count). The van der Waals surface area contributed by atoms with Gasteiger partial charge in [-0.25, -0.2) is 4.98 Å². The van der Waals surface area contributed by atoms with E-state index in [1.54, 1.807) is 6.20 Å². The number of nitrogens with zero attached hydrogens (tertiary/aromatic N) is 1. The van der Waals surface area contributed by atoms with Gasteiger partial charge in [-0.2, -0.15) is 0 Å². The predicted molar refractivity (Wildman–Crippen MR) is 77.0 cm³/mol. The van der Waals surface area contributed by atoms with Crippen molar-refractivity contribution in [3.05, 3.63) is 52.1 Å². The van der Waals surface area contributed by atoms with Crippen molar-refractivity contribution < 1.29 is 4.74 Å². The quantitative estimate of drug-likeness (QED) is 0.933. The van der Waals surface area contributed by atoms with Crippen LogP contribution in [0.3, 0.4) is 0 Å². The van der Waals surface area contributed by atoms with Crippen molar-refractivity contribution in [1.82, 2.24) is 4.98 Å². The molecular weight excluding hydrogens is 292 g/mol. The fourth-order valence-electron chi connectivity index (χ4n) is 1.67. The van der Waals surface area contributed by atoms with Gasteiger partial charge in [0.25, 0.3) is 0 Å². The van der Waals surface area contributed by atoms with Gasteiger partial charge in [0.2, 0.25) is 5.88 Å². The van der Waals surface area contributed by atoms with Crippen molar-refractivity contribution in [1.29, 1.82) is 0 Å². The number of aryl methyl sites for hydroxylation is 1. The summed E-state index contributed by atoms with van der Waals surface area (Å²) in [5, 5.41) is 3.15. The Morgan fingerprint density at radius 1 is 1.33 bits per heavy atom. The van der Waals surface area contributed by atoms with Crippen LogP contribution in [0.4, 0.5) is 5.69 Å². The molecule has 0 aliphatic heterocycles. The van der Waals surface area contributed by atoms with E-state index in [2.05, 4.69) is 26.2 Å². The number of hydrogen-bond acceptors (Lipinski definition) is 3. The van der Waals surface area contributed by atoms with Crippen molar-refractivity contribution in [3.63, 3.8) is 0 Å². The number of aromatic nitrogens is 1. The van der Waals surface area contributed by atoms with Crippen LogP contribution in [0.5, 0.6) is 5.88 Å². The predicted octanol–water partition coefficient (Wildman–Crippen LogP) is 3.77. The molecule has 0 amide bonds.